The summed E-state index contributed by atoms with van der Waals surface area (Å²) in [5, 5.41) is 1.88. The lowest BCUT2D eigenvalue weighted by molar-refractivity contribution is 0.623. The van der Waals surface area contributed by atoms with E-state index in [0.29, 0.717) is 15.1 Å². The summed E-state index contributed by atoms with van der Waals surface area (Å²) in [5.41, 5.74) is 0. The highest BCUT2D eigenvalue weighted by molar-refractivity contribution is 8.29. The predicted octanol–water partition coefficient (Wildman–Crippen LogP) is 7.40. The lowest BCUT2D eigenvalue weighted by Crippen LogP contribution is -2.02. The summed E-state index contributed by atoms with van der Waals surface area (Å²) in [6.07, 6.45) is 0. The molecule has 0 aliphatic heterocycles. The van der Waals surface area contributed by atoms with E-state index in [2.05, 4.69) is 0 Å². The summed E-state index contributed by atoms with van der Waals surface area (Å²) in [7, 11) is -2.40. The molecule has 0 saturated carbocycles. The van der Waals surface area contributed by atoms with Crippen LogP contribution in [0.2, 0.25) is 15.1 Å². The number of hydrogen-bond acceptors (Lipinski definition) is 1. The Labute approximate surface area is 152 Å². The highest BCUT2D eigenvalue weighted by atomic mass is 35.5. The molecule has 0 spiro atoms. The van der Waals surface area contributed by atoms with E-state index in [-0.39, 0.29) is 0 Å². The number of hydrogen-bond donors (Lipinski definition) is 1. The largest absolute Gasteiger partial charge is 0.338 e. The first-order valence-corrected chi connectivity index (χ1v) is 9.55. The molecule has 0 aliphatic carbocycles. The molecule has 5 heteroatoms. The lowest BCUT2D eigenvalue weighted by atomic mass is 10.3. The van der Waals surface area contributed by atoms with Crippen molar-refractivity contribution in [2.24, 2.45) is 0 Å². The van der Waals surface area contributed by atoms with Crippen molar-refractivity contribution in [1.29, 1.82) is 0 Å². The summed E-state index contributed by atoms with van der Waals surface area (Å²) in [6.45, 7) is 0. The van der Waals surface area contributed by atoms with E-state index < -0.39 is 10.3 Å². The minimum atomic E-state index is -2.40. The summed E-state index contributed by atoms with van der Waals surface area (Å²) >= 11 is 18.0. The molecule has 0 amide bonds. The molecule has 1 nitrogen and oxygen atoms in total. The van der Waals surface area contributed by atoms with Crippen molar-refractivity contribution in [3.8, 4) is 0 Å². The van der Waals surface area contributed by atoms with Crippen molar-refractivity contribution in [3.63, 3.8) is 0 Å². The van der Waals surface area contributed by atoms with E-state index in [4.69, 9.17) is 34.8 Å². The topological polar surface area (TPSA) is 20.2 Å². The van der Waals surface area contributed by atoms with Crippen molar-refractivity contribution in [2.75, 3.05) is 0 Å². The Bertz CT molecular complexity index is 688. The fraction of sp³-hybridized carbons (Fsp3) is 0. The molecule has 3 aromatic rings. The van der Waals surface area contributed by atoms with Gasteiger partial charge in [-0.3, -0.25) is 0 Å². The Kier molecular flexibility index (Phi) is 4.90. The normalized spacial score (nSPS) is 12.2. The monoisotopic (exact) mass is 382 g/mol. The summed E-state index contributed by atoms with van der Waals surface area (Å²) in [5.74, 6) is 0. The van der Waals surface area contributed by atoms with E-state index in [1.165, 1.54) is 0 Å². The summed E-state index contributed by atoms with van der Waals surface area (Å²) in [6, 6.07) is 21.8. The fourth-order valence-electron chi connectivity index (χ4n) is 2.30. The van der Waals surface area contributed by atoms with Crippen LogP contribution in [0, 0.1) is 0 Å². The molecule has 0 saturated heterocycles. The van der Waals surface area contributed by atoms with Crippen LogP contribution < -0.4 is 0 Å². The van der Waals surface area contributed by atoms with Gasteiger partial charge < -0.3 is 4.55 Å². The van der Waals surface area contributed by atoms with Crippen LogP contribution in [-0.4, -0.2) is 4.55 Å². The molecule has 3 rings (SSSR count). The van der Waals surface area contributed by atoms with Gasteiger partial charge in [-0.15, -0.1) is 0 Å². The molecule has 0 unspecified atom stereocenters. The SMILES string of the molecule is OS(c1ccc(Cl)cc1)(c1ccc(Cl)cc1)c1ccc(Cl)cc1. The maximum Gasteiger partial charge on any atom is 0.0406 e. The molecule has 118 valence electrons. The van der Waals surface area contributed by atoms with Crippen LogP contribution in [0.25, 0.3) is 0 Å². The summed E-state index contributed by atoms with van der Waals surface area (Å²) in [4.78, 5) is 2.39. The third kappa shape index (κ3) is 3.37. The van der Waals surface area contributed by atoms with Gasteiger partial charge in [0.05, 0.1) is 0 Å². The quantitative estimate of drug-likeness (QED) is 0.499. The van der Waals surface area contributed by atoms with E-state index in [9.17, 15) is 4.55 Å². The van der Waals surface area contributed by atoms with Crippen molar-refractivity contribution in [2.45, 2.75) is 14.7 Å². The molecule has 0 radical (unpaired) electrons. The molecular formula is C18H13Cl3OS. The van der Waals surface area contributed by atoms with Crippen LogP contribution >= 0.6 is 45.1 Å². The van der Waals surface area contributed by atoms with Gasteiger partial charge in [-0.2, -0.15) is 0 Å². The third-order valence-corrected chi connectivity index (χ3v) is 7.08. The zero-order valence-electron chi connectivity index (χ0n) is 11.9. The first-order chi connectivity index (χ1) is 11.0. The molecule has 0 heterocycles. The minimum absolute atomic E-state index is 0.628. The first-order valence-electron chi connectivity index (χ1n) is 6.83. The second-order valence-electron chi connectivity index (χ2n) is 4.94. The Balaban J connectivity index is 2.21. The lowest BCUT2D eigenvalue weighted by Gasteiger charge is -2.35. The maximum absolute atomic E-state index is 11.7. The van der Waals surface area contributed by atoms with Crippen LogP contribution in [0.1, 0.15) is 0 Å². The van der Waals surface area contributed by atoms with Gasteiger partial charge in [-0.1, -0.05) is 45.1 Å². The van der Waals surface area contributed by atoms with E-state index in [0.717, 1.165) is 14.7 Å². The van der Waals surface area contributed by atoms with Crippen molar-refractivity contribution in [3.05, 3.63) is 87.9 Å². The standard InChI is InChI=1S/C18H13Cl3OS/c19-13-1-7-16(8-2-13)23(22,17-9-3-14(20)4-10-17)18-11-5-15(21)6-12-18/h1-12,22H. The highest BCUT2D eigenvalue weighted by Crippen LogP contribution is 2.65. The average Bonchev–Trinajstić information content (AvgIpc) is 2.56. The van der Waals surface area contributed by atoms with Gasteiger partial charge >= 0.3 is 0 Å². The minimum Gasteiger partial charge on any atom is -0.338 e. The van der Waals surface area contributed by atoms with Crippen molar-refractivity contribution in [1.82, 2.24) is 0 Å². The van der Waals surface area contributed by atoms with Crippen molar-refractivity contribution >= 4 is 45.1 Å². The van der Waals surface area contributed by atoms with E-state index >= 15 is 0 Å². The van der Waals surface area contributed by atoms with Crippen LogP contribution in [0.3, 0.4) is 0 Å². The van der Waals surface area contributed by atoms with Gasteiger partial charge in [0.2, 0.25) is 0 Å². The smallest absolute Gasteiger partial charge is 0.0406 e. The predicted molar refractivity (Wildman–Crippen MR) is 99.4 cm³/mol. The average molecular weight is 384 g/mol. The second-order valence-corrected chi connectivity index (χ2v) is 8.83. The van der Waals surface area contributed by atoms with Gasteiger partial charge in [0, 0.05) is 29.8 Å². The Morgan fingerprint density at radius 3 is 0.913 bits per heavy atom. The molecule has 0 bridgehead atoms. The van der Waals surface area contributed by atoms with Crippen molar-refractivity contribution < 1.29 is 4.55 Å². The van der Waals surface area contributed by atoms with Gasteiger partial charge in [0.1, 0.15) is 0 Å². The Morgan fingerprint density at radius 2 is 0.696 bits per heavy atom. The van der Waals surface area contributed by atoms with Gasteiger partial charge in [0.15, 0.2) is 0 Å². The first kappa shape index (κ1) is 16.7. The van der Waals surface area contributed by atoms with Crippen LogP contribution in [0.5, 0.6) is 0 Å². The number of halogens is 3. The van der Waals surface area contributed by atoms with Gasteiger partial charge in [-0.25, -0.2) is 0 Å². The number of rotatable bonds is 3. The molecular weight excluding hydrogens is 371 g/mol. The maximum atomic E-state index is 11.7. The Hall–Kier alpha value is -1.16. The summed E-state index contributed by atoms with van der Waals surface area (Å²) < 4.78 is 11.7. The third-order valence-electron chi connectivity index (χ3n) is 3.46. The Morgan fingerprint density at radius 1 is 0.478 bits per heavy atom. The van der Waals surface area contributed by atoms with Crippen LogP contribution in [0.15, 0.2) is 87.5 Å². The number of benzene rings is 3. The molecule has 23 heavy (non-hydrogen) atoms. The van der Waals surface area contributed by atoms with Gasteiger partial charge in [-0.05, 0) is 72.8 Å². The highest BCUT2D eigenvalue weighted by Gasteiger charge is 2.28. The molecule has 0 atom stereocenters. The second kappa shape index (κ2) is 6.76. The molecule has 0 aromatic heterocycles. The zero-order valence-corrected chi connectivity index (χ0v) is 15.0. The van der Waals surface area contributed by atoms with Crippen LogP contribution in [-0.2, 0) is 0 Å². The van der Waals surface area contributed by atoms with Gasteiger partial charge in [0.25, 0.3) is 0 Å². The fourth-order valence-corrected chi connectivity index (χ4v) is 5.09. The zero-order chi connectivity index (χ0) is 16.4. The molecule has 3 aromatic carbocycles. The molecule has 0 fully saturated rings. The van der Waals surface area contributed by atoms with Crippen LogP contribution in [0.4, 0.5) is 0 Å². The molecule has 0 aliphatic rings. The molecule has 1 N–H and O–H groups in total. The van der Waals surface area contributed by atoms with E-state index in [1.54, 1.807) is 36.4 Å². The van der Waals surface area contributed by atoms with E-state index in [1.807, 2.05) is 36.4 Å².